The van der Waals surface area contributed by atoms with E-state index in [4.69, 9.17) is 5.11 Å². The normalized spacial score (nSPS) is 12.5. The number of nitrogens with zero attached hydrogens (tertiary/aromatic N) is 1. The lowest BCUT2D eigenvalue weighted by molar-refractivity contribution is 0.227. The molecule has 1 aromatic heterocycles. The van der Waals surface area contributed by atoms with Crippen LogP contribution in [0.5, 0.6) is 0 Å². The highest BCUT2D eigenvalue weighted by atomic mass is 16.3. The zero-order valence-corrected chi connectivity index (χ0v) is 12.4. The van der Waals surface area contributed by atoms with Crippen LogP contribution in [0.2, 0.25) is 0 Å². The van der Waals surface area contributed by atoms with E-state index in [0.717, 1.165) is 0 Å². The molecule has 1 heterocycles. The summed E-state index contributed by atoms with van der Waals surface area (Å²) in [5.41, 5.74) is 1.36. The van der Waals surface area contributed by atoms with Gasteiger partial charge in [-0.25, -0.2) is 0 Å². The largest absolute Gasteiger partial charge is 0.396 e. The van der Waals surface area contributed by atoms with Gasteiger partial charge in [-0.05, 0) is 36.8 Å². The van der Waals surface area contributed by atoms with Crippen LogP contribution in [-0.4, -0.2) is 16.7 Å². The average Bonchev–Trinajstić information content (AvgIpc) is 2.46. The highest BCUT2D eigenvalue weighted by Crippen LogP contribution is 2.13. The Hall–Kier alpha value is -0.890. The van der Waals surface area contributed by atoms with E-state index in [9.17, 15) is 0 Å². The first-order valence-corrected chi connectivity index (χ1v) is 7.82. The topological polar surface area (TPSA) is 33.1 Å². The molecule has 0 unspecified atom stereocenters. The first kappa shape index (κ1) is 16.2. The Morgan fingerprint density at radius 3 is 2.37 bits per heavy atom. The molecule has 0 aliphatic carbocycles. The number of unbranched alkanes of at least 4 members (excludes halogenated alkanes) is 6. The second-order valence-electron chi connectivity index (χ2n) is 5.66. The zero-order valence-electron chi connectivity index (χ0n) is 12.4. The van der Waals surface area contributed by atoms with Crippen molar-refractivity contribution >= 4 is 0 Å². The summed E-state index contributed by atoms with van der Waals surface area (Å²) in [5.74, 6) is 0.486. The molecule has 1 aromatic rings. The molecule has 2 heteroatoms. The summed E-state index contributed by atoms with van der Waals surface area (Å²) in [6.45, 7) is 2.47. The van der Waals surface area contributed by atoms with Gasteiger partial charge in [0, 0.05) is 19.0 Å². The number of hydrogen-bond acceptors (Lipinski definition) is 2. The van der Waals surface area contributed by atoms with Gasteiger partial charge >= 0.3 is 0 Å². The number of aliphatic hydroxyl groups excluding tert-OH is 1. The van der Waals surface area contributed by atoms with Gasteiger partial charge < -0.3 is 5.11 Å². The standard InChI is InChI=1S/C17H29NO/c1-16(15-19)10-7-5-3-2-4-6-8-11-17-12-9-13-18-14-17/h9,12-14,16,19H,2-8,10-11,15H2,1H3/t16-/m0/s1. The van der Waals surface area contributed by atoms with E-state index in [0.29, 0.717) is 12.5 Å². The Bertz CT molecular complexity index is 299. The maximum Gasteiger partial charge on any atom is 0.0456 e. The van der Waals surface area contributed by atoms with Crippen molar-refractivity contribution in [2.45, 2.75) is 64.7 Å². The van der Waals surface area contributed by atoms with Crippen LogP contribution in [0.4, 0.5) is 0 Å². The van der Waals surface area contributed by atoms with Crippen LogP contribution < -0.4 is 0 Å². The Morgan fingerprint density at radius 2 is 1.74 bits per heavy atom. The van der Waals surface area contributed by atoms with Crippen molar-refractivity contribution in [1.29, 1.82) is 0 Å². The molecule has 19 heavy (non-hydrogen) atoms. The van der Waals surface area contributed by atoms with E-state index in [2.05, 4.69) is 18.0 Å². The van der Waals surface area contributed by atoms with Gasteiger partial charge in [0.2, 0.25) is 0 Å². The minimum atomic E-state index is 0.342. The molecule has 0 radical (unpaired) electrons. The summed E-state index contributed by atoms with van der Waals surface area (Å²) >= 11 is 0. The fourth-order valence-corrected chi connectivity index (χ4v) is 2.34. The Kier molecular flexibility index (Phi) is 9.34. The SMILES string of the molecule is C[C@H](CO)CCCCCCCCCc1cccnc1. The lowest BCUT2D eigenvalue weighted by Gasteiger charge is -2.06. The first-order valence-electron chi connectivity index (χ1n) is 7.82. The molecule has 0 aliphatic rings. The monoisotopic (exact) mass is 263 g/mol. The van der Waals surface area contributed by atoms with Crippen LogP contribution >= 0.6 is 0 Å². The van der Waals surface area contributed by atoms with Gasteiger partial charge in [0.15, 0.2) is 0 Å². The number of hydrogen-bond donors (Lipinski definition) is 1. The number of aryl methyl sites for hydroxylation is 1. The lowest BCUT2D eigenvalue weighted by Crippen LogP contribution is -1.99. The van der Waals surface area contributed by atoms with Crippen molar-refractivity contribution < 1.29 is 5.11 Å². The van der Waals surface area contributed by atoms with Gasteiger partial charge in [0.05, 0.1) is 0 Å². The predicted molar refractivity (Wildman–Crippen MR) is 81.1 cm³/mol. The highest BCUT2D eigenvalue weighted by molar-refractivity contribution is 5.08. The van der Waals surface area contributed by atoms with E-state index in [1.807, 2.05) is 18.5 Å². The molecular weight excluding hydrogens is 234 g/mol. The third-order valence-electron chi connectivity index (χ3n) is 3.70. The molecule has 0 saturated carbocycles. The van der Waals surface area contributed by atoms with E-state index < -0.39 is 0 Å². The summed E-state index contributed by atoms with van der Waals surface area (Å²) in [6.07, 6.45) is 15.4. The van der Waals surface area contributed by atoms with Crippen LogP contribution in [-0.2, 0) is 6.42 Å². The molecule has 0 saturated heterocycles. The Labute approximate surface area is 118 Å². The fraction of sp³-hybridized carbons (Fsp3) is 0.706. The van der Waals surface area contributed by atoms with Crippen LogP contribution in [0.1, 0.15) is 63.9 Å². The molecular formula is C17H29NO. The molecule has 0 aliphatic heterocycles. The molecule has 0 spiro atoms. The molecule has 0 bridgehead atoms. The van der Waals surface area contributed by atoms with Crippen molar-refractivity contribution in [2.24, 2.45) is 5.92 Å². The molecule has 2 nitrogen and oxygen atoms in total. The zero-order chi connectivity index (χ0) is 13.8. The van der Waals surface area contributed by atoms with Gasteiger partial charge in [0.1, 0.15) is 0 Å². The lowest BCUT2D eigenvalue weighted by atomic mass is 10.0. The van der Waals surface area contributed by atoms with Crippen LogP contribution in [0, 0.1) is 5.92 Å². The summed E-state index contributed by atoms with van der Waals surface area (Å²) < 4.78 is 0. The fourth-order valence-electron chi connectivity index (χ4n) is 2.34. The molecule has 1 rings (SSSR count). The first-order chi connectivity index (χ1) is 9.33. The van der Waals surface area contributed by atoms with Gasteiger partial charge in [-0.2, -0.15) is 0 Å². The number of rotatable bonds is 11. The van der Waals surface area contributed by atoms with E-state index in [1.165, 1.54) is 63.4 Å². The Morgan fingerprint density at radius 1 is 1.05 bits per heavy atom. The summed E-state index contributed by atoms with van der Waals surface area (Å²) in [4.78, 5) is 4.14. The second-order valence-corrected chi connectivity index (χ2v) is 5.66. The maximum atomic E-state index is 8.92. The van der Waals surface area contributed by atoms with Crippen LogP contribution in [0.15, 0.2) is 24.5 Å². The highest BCUT2D eigenvalue weighted by Gasteiger charge is 1.99. The van der Waals surface area contributed by atoms with Gasteiger partial charge in [-0.3, -0.25) is 4.98 Å². The summed E-state index contributed by atoms with van der Waals surface area (Å²) in [5, 5.41) is 8.92. The number of aromatic nitrogens is 1. The smallest absolute Gasteiger partial charge is 0.0456 e. The quantitative estimate of drug-likeness (QED) is 0.601. The van der Waals surface area contributed by atoms with Crippen molar-refractivity contribution in [3.05, 3.63) is 30.1 Å². The predicted octanol–water partition coefficient (Wildman–Crippen LogP) is 4.37. The summed E-state index contributed by atoms with van der Waals surface area (Å²) in [6, 6.07) is 4.18. The molecule has 0 fully saturated rings. The van der Waals surface area contributed by atoms with E-state index in [-0.39, 0.29) is 0 Å². The third kappa shape index (κ3) is 8.77. The minimum absolute atomic E-state index is 0.342. The van der Waals surface area contributed by atoms with E-state index in [1.54, 1.807) is 0 Å². The molecule has 0 amide bonds. The van der Waals surface area contributed by atoms with Crippen LogP contribution in [0.25, 0.3) is 0 Å². The van der Waals surface area contributed by atoms with Crippen LogP contribution in [0.3, 0.4) is 0 Å². The molecule has 108 valence electrons. The van der Waals surface area contributed by atoms with E-state index >= 15 is 0 Å². The Balaban J connectivity index is 1.84. The molecule has 1 N–H and O–H groups in total. The number of pyridine rings is 1. The third-order valence-corrected chi connectivity index (χ3v) is 3.70. The van der Waals surface area contributed by atoms with Crippen molar-refractivity contribution in [1.82, 2.24) is 4.98 Å². The molecule has 1 atom stereocenters. The van der Waals surface area contributed by atoms with Gasteiger partial charge in [0.25, 0.3) is 0 Å². The minimum Gasteiger partial charge on any atom is -0.396 e. The van der Waals surface area contributed by atoms with Gasteiger partial charge in [-0.15, -0.1) is 0 Å². The molecule has 0 aromatic carbocycles. The van der Waals surface area contributed by atoms with Crippen molar-refractivity contribution in [2.75, 3.05) is 6.61 Å². The van der Waals surface area contributed by atoms with Crippen molar-refractivity contribution in [3.8, 4) is 0 Å². The average molecular weight is 263 g/mol. The van der Waals surface area contributed by atoms with Crippen molar-refractivity contribution in [3.63, 3.8) is 0 Å². The number of aliphatic hydroxyl groups is 1. The summed E-state index contributed by atoms with van der Waals surface area (Å²) in [7, 11) is 0. The second kappa shape index (κ2) is 11.0. The van der Waals surface area contributed by atoms with Gasteiger partial charge in [-0.1, -0.05) is 51.5 Å². The maximum absolute atomic E-state index is 8.92.